The number of nitrogens with zero attached hydrogens (tertiary/aromatic N) is 3. The van der Waals surface area contributed by atoms with Crippen molar-refractivity contribution in [1.82, 2.24) is 14.4 Å². The minimum Gasteiger partial charge on any atom is -0.408 e. The van der Waals surface area contributed by atoms with Gasteiger partial charge in [-0.1, -0.05) is 12.1 Å². The predicted molar refractivity (Wildman–Crippen MR) is 86.1 cm³/mol. The molecule has 0 N–H and O–H groups in total. The van der Waals surface area contributed by atoms with Gasteiger partial charge < -0.3 is 4.42 Å². The van der Waals surface area contributed by atoms with Crippen molar-refractivity contribution in [2.45, 2.75) is 38.4 Å². The Labute approximate surface area is 130 Å². The standard InChI is InChI=1S/C17H23N3O2/c1-13-12-19(14-6-7-14)9-8-18(13)10-11-20-15-4-2-3-5-16(15)22-17(20)21/h2-5,13-14H,6-12H2,1H3. The Morgan fingerprint density at radius 1 is 1.18 bits per heavy atom. The highest BCUT2D eigenvalue weighted by Crippen LogP contribution is 2.28. The molecule has 1 aliphatic heterocycles. The average molecular weight is 301 g/mol. The summed E-state index contributed by atoms with van der Waals surface area (Å²) >= 11 is 0. The topological polar surface area (TPSA) is 41.6 Å². The number of rotatable bonds is 4. The van der Waals surface area contributed by atoms with Gasteiger partial charge in [0.1, 0.15) is 0 Å². The van der Waals surface area contributed by atoms with Crippen LogP contribution in [-0.4, -0.2) is 52.6 Å². The van der Waals surface area contributed by atoms with Gasteiger partial charge in [0.15, 0.2) is 5.58 Å². The highest BCUT2D eigenvalue weighted by Gasteiger charge is 2.33. The van der Waals surface area contributed by atoms with Crippen molar-refractivity contribution in [3.05, 3.63) is 34.8 Å². The summed E-state index contributed by atoms with van der Waals surface area (Å²) in [6, 6.07) is 9.06. The first-order chi connectivity index (χ1) is 10.7. The Kier molecular flexibility index (Phi) is 3.54. The number of para-hydroxylation sites is 2. The zero-order chi connectivity index (χ0) is 15.1. The van der Waals surface area contributed by atoms with Crippen molar-refractivity contribution >= 4 is 11.1 Å². The van der Waals surface area contributed by atoms with Crippen LogP contribution in [0.1, 0.15) is 19.8 Å². The Hall–Kier alpha value is -1.59. The van der Waals surface area contributed by atoms with Gasteiger partial charge in [0, 0.05) is 44.8 Å². The molecule has 118 valence electrons. The molecule has 0 amide bonds. The van der Waals surface area contributed by atoms with Crippen molar-refractivity contribution in [2.75, 3.05) is 26.2 Å². The quantitative estimate of drug-likeness (QED) is 0.863. The number of benzene rings is 1. The van der Waals surface area contributed by atoms with Gasteiger partial charge in [0.2, 0.25) is 0 Å². The van der Waals surface area contributed by atoms with Gasteiger partial charge in [-0.15, -0.1) is 0 Å². The molecule has 1 aliphatic carbocycles. The molecule has 1 aromatic heterocycles. The second-order valence-electron chi connectivity index (χ2n) is 6.60. The second kappa shape index (κ2) is 5.56. The largest absolute Gasteiger partial charge is 0.419 e. The van der Waals surface area contributed by atoms with E-state index in [0.29, 0.717) is 18.2 Å². The Balaban J connectivity index is 1.43. The van der Waals surface area contributed by atoms with E-state index in [9.17, 15) is 4.79 Å². The minimum absolute atomic E-state index is 0.245. The fourth-order valence-electron chi connectivity index (χ4n) is 3.58. The van der Waals surface area contributed by atoms with E-state index >= 15 is 0 Å². The monoisotopic (exact) mass is 301 g/mol. The zero-order valence-corrected chi connectivity index (χ0v) is 13.1. The Bertz CT molecular complexity index is 716. The Morgan fingerprint density at radius 3 is 2.77 bits per heavy atom. The molecule has 2 aliphatic rings. The molecule has 2 aromatic rings. The molecule has 0 radical (unpaired) electrons. The van der Waals surface area contributed by atoms with Crippen molar-refractivity contribution < 1.29 is 4.42 Å². The third-order valence-electron chi connectivity index (χ3n) is 5.04. The molecule has 5 heteroatoms. The van der Waals surface area contributed by atoms with E-state index in [2.05, 4.69) is 16.7 Å². The van der Waals surface area contributed by atoms with Crippen LogP contribution < -0.4 is 5.76 Å². The van der Waals surface area contributed by atoms with Gasteiger partial charge in [0.05, 0.1) is 5.52 Å². The lowest BCUT2D eigenvalue weighted by Crippen LogP contribution is -2.53. The van der Waals surface area contributed by atoms with E-state index in [1.807, 2.05) is 24.3 Å². The van der Waals surface area contributed by atoms with E-state index in [-0.39, 0.29) is 5.76 Å². The first kappa shape index (κ1) is 14.0. The van der Waals surface area contributed by atoms with Crippen molar-refractivity contribution in [1.29, 1.82) is 0 Å². The summed E-state index contributed by atoms with van der Waals surface area (Å²) < 4.78 is 7.06. The zero-order valence-electron chi connectivity index (χ0n) is 13.1. The van der Waals surface area contributed by atoms with Crippen LogP contribution in [0.5, 0.6) is 0 Å². The Morgan fingerprint density at radius 2 is 2.00 bits per heavy atom. The lowest BCUT2D eigenvalue weighted by atomic mass is 10.2. The highest BCUT2D eigenvalue weighted by molar-refractivity contribution is 5.72. The summed E-state index contributed by atoms with van der Waals surface area (Å²) in [5.74, 6) is -0.245. The molecule has 5 nitrogen and oxygen atoms in total. The number of piperazine rings is 1. The third kappa shape index (κ3) is 2.59. The summed E-state index contributed by atoms with van der Waals surface area (Å²) in [5.41, 5.74) is 1.58. The van der Waals surface area contributed by atoms with Gasteiger partial charge in [0.25, 0.3) is 0 Å². The molecule has 2 heterocycles. The molecule has 0 bridgehead atoms. The maximum absolute atomic E-state index is 12.0. The highest BCUT2D eigenvalue weighted by atomic mass is 16.4. The van der Waals surface area contributed by atoms with Crippen LogP contribution in [-0.2, 0) is 6.54 Å². The van der Waals surface area contributed by atoms with Crippen LogP contribution in [0, 0.1) is 0 Å². The van der Waals surface area contributed by atoms with E-state index in [1.165, 1.54) is 12.8 Å². The third-order valence-corrected chi connectivity index (χ3v) is 5.04. The van der Waals surface area contributed by atoms with Crippen LogP contribution in [0.2, 0.25) is 0 Å². The average Bonchev–Trinajstić information content (AvgIpc) is 3.30. The molecule has 0 spiro atoms. The normalized spacial score (nSPS) is 24.1. The molecule has 1 saturated carbocycles. The van der Waals surface area contributed by atoms with Gasteiger partial charge >= 0.3 is 5.76 Å². The van der Waals surface area contributed by atoms with Crippen molar-refractivity contribution in [3.63, 3.8) is 0 Å². The smallest absolute Gasteiger partial charge is 0.408 e. The summed E-state index contributed by atoms with van der Waals surface area (Å²) in [6.45, 7) is 7.32. The maximum Gasteiger partial charge on any atom is 0.419 e. The van der Waals surface area contributed by atoms with Crippen molar-refractivity contribution in [2.24, 2.45) is 0 Å². The molecule has 4 rings (SSSR count). The molecular formula is C17H23N3O2. The number of oxazole rings is 1. The summed E-state index contributed by atoms with van der Waals surface area (Å²) in [6.07, 6.45) is 2.76. The molecule has 2 fully saturated rings. The minimum atomic E-state index is -0.245. The van der Waals surface area contributed by atoms with E-state index < -0.39 is 0 Å². The summed E-state index contributed by atoms with van der Waals surface area (Å²) in [5, 5.41) is 0. The number of fused-ring (bicyclic) bond motifs is 1. The molecular weight excluding hydrogens is 278 g/mol. The van der Waals surface area contributed by atoms with Gasteiger partial charge in [-0.05, 0) is 31.9 Å². The van der Waals surface area contributed by atoms with Gasteiger partial charge in [-0.3, -0.25) is 14.4 Å². The fraction of sp³-hybridized carbons (Fsp3) is 0.588. The molecule has 1 unspecified atom stereocenters. The number of hydrogen-bond donors (Lipinski definition) is 0. The van der Waals surface area contributed by atoms with E-state index in [0.717, 1.165) is 37.7 Å². The van der Waals surface area contributed by atoms with E-state index in [4.69, 9.17) is 4.42 Å². The van der Waals surface area contributed by atoms with Gasteiger partial charge in [-0.25, -0.2) is 4.79 Å². The SMILES string of the molecule is CC1CN(C2CC2)CCN1CCn1c(=O)oc2ccccc21. The number of hydrogen-bond acceptors (Lipinski definition) is 4. The lowest BCUT2D eigenvalue weighted by Gasteiger charge is -2.40. The van der Waals surface area contributed by atoms with Crippen LogP contribution in [0.25, 0.3) is 11.1 Å². The first-order valence-electron chi connectivity index (χ1n) is 8.29. The lowest BCUT2D eigenvalue weighted by molar-refractivity contribution is 0.0757. The fourth-order valence-corrected chi connectivity index (χ4v) is 3.58. The maximum atomic E-state index is 12.0. The van der Waals surface area contributed by atoms with Crippen LogP contribution in [0.3, 0.4) is 0 Å². The molecule has 22 heavy (non-hydrogen) atoms. The van der Waals surface area contributed by atoms with Gasteiger partial charge in [-0.2, -0.15) is 0 Å². The van der Waals surface area contributed by atoms with Crippen LogP contribution in [0.15, 0.2) is 33.5 Å². The van der Waals surface area contributed by atoms with E-state index in [1.54, 1.807) is 4.57 Å². The summed E-state index contributed by atoms with van der Waals surface area (Å²) in [4.78, 5) is 17.1. The van der Waals surface area contributed by atoms with Crippen LogP contribution >= 0.6 is 0 Å². The predicted octanol–water partition coefficient (Wildman–Crippen LogP) is 1.76. The van der Waals surface area contributed by atoms with Crippen LogP contribution in [0.4, 0.5) is 0 Å². The summed E-state index contributed by atoms with van der Waals surface area (Å²) in [7, 11) is 0. The molecule has 1 atom stereocenters. The first-order valence-corrected chi connectivity index (χ1v) is 8.29. The molecule has 1 saturated heterocycles. The number of aromatic nitrogens is 1. The molecule has 1 aromatic carbocycles. The van der Waals surface area contributed by atoms with Crippen molar-refractivity contribution in [3.8, 4) is 0 Å². The second-order valence-corrected chi connectivity index (χ2v) is 6.60.